The molecule has 0 unspecified atom stereocenters. The van der Waals surface area contributed by atoms with Gasteiger partial charge < -0.3 is 9.47 Å². The van der Waals surface area contributed by atoms with Crippen molar-refractivity contribution in [2.24, 2.45) is 0 Å². The largest absolute Gasteiger partial charge is 0.493 e. The highest BCUT2D eigenvalue weighted by Crippen LogP contribution is 2.30. The summed E-state index contributed by atoms with van der Waals surface area (Å²) in [6, 6.07) is 14.7. The standard InChI is InChI=1S/C19H15NO3S/c1-22-17-13-14(7-9-15-5-2-3-11-20-15)8-10-16(17)23-19(21)18-6-4-12-24-18/h2-13H,1H3/b9-7+. The van der Waals surface area contributed by atoms with Crippen molar-refractivity contribution in [3.63, 3.8) is 0 Å². The molecule has 1 aromatic carbocycles. The molecule has 0 fully saturated rings. The fourth-order valence-corrected chi connectivity index (χ4v) is 2.67. The highest BCUT2D eigenvalue weighted by Gasteiger charge is 2.13. The Kier molecular flexibility index (Phi) is 5.03. The molecular weight excluding hydrogens is 322 g/mol. The van der Waals surface area contributed by atoms with Crippen molar-refractivity contribution in [3.05, 3.63) is 76.2 Å². The maximum atomic E-state index is 12.0. The van der Waals surface area contributed by atoms with E-state index in [0.717, 1.165) is 11.3 Å². The number of methoxy groups -OCH3 is 1. The normalized spacial score (nSPS) is 10.7. The van der Waals surface area contributed by atoms with Crippen molar-refractivity contribution >= 4 is 29.5 Å². The van der Waals surface area contributed by atoms with E-state index in [1.54, 1.807) is 25.4 Å². The smallest absolute Gasteiger partial charge is 0.353 e. The molecule has 5 heteroatoms. The molecule has 0 aliphatic heterocycles. The van der Waals surface area contributed by atoms with Crippen molar-refractivity contribution in [1.29, 1.82) is 0 Å². The monoisotopic (exact) mass is 337 g/mol. The minimum atomic E-state index is -0.389. The molecule has 24 heavy (non-hydrogen) atoms. The average molecular weight is 337 g/mol. The van der Waals surface area contributed by atoms with Crippen molar-refractivity contribution in [3.8, 4) is 11.5 Å². The van der Waals surface area contributed by atoms with Gasteiger partial charge in [-0.25, -0.2) is 4.79 Å². The zero-order chi connectivity index (χ0) is 16.8. The van der Waals surface area contributed by atoms with E-state index in [1.165, 1.54) is 11.3 Å². The number of nitrogens with zero attached hydrogens (tertiary/aromatic N) is 1. The number of thiophene rings is 1. The Morgan fingerprint density at radius 2 is 2.00 bits per heavy atom. The van der Waals surface area contributed by atoms with Crippen LogP contribution in [-0.2, 0) is 0 Å². The molecule has 0 saturated carbocycles. The first-order chi connectivity index (χ1) is 11.8. The molecule has 2 aromatic heterocycles. The van der Waals surface area contributed by atoms with Gasteiger partial charge in [0.25, 0.3) is 0 Å². The van der Waals surface area contributed by atoms with Gasteiger partial charge in [0.2, 0.25) is 0 Å². The lowest BCUT2D eigenvalue weighted by molar-refractivity contribution is 0.0735. The molecule has 0 aliphatic rings. The van der Waals surface area contributed by atoms with E-state index >= 15 is 0 Å². The summed E-state index contributed by atoms with van der Waals surface area (Å²) in [5.74, 6) is 0.508. The third-order valence-corrected chi connectivity index (χ3v) is 4.10. The first-order valence-electron chi connectivity index (χ1n) is 7.29. The second-order valence-electron chi connectivity index (χ2n) is 4.87. The van der Waals surface area contributed by atoms with Gasteiger partial charge in [0.1, 0.15) is 4.88 Å². The Labute approximate surface area is 144 Å². The van der Waals surface area contributed by atoms with Gasteiger partial charge in [-0.15, -0.1) is 11.3 Å². The predicted octanol–water partition coefficient (Wildman–Crippen LogP) is 4.54. The lowest BCUT2D eigenvalue weighted by Crippen LogP contribution is -2.07. The number of pyridine rings is 1. The predicted molar refractivity (Wildman–Crippen MR) is 95.4 cm³/mol. The van der Waals surface area contributed by atoms with Crippen LogP contribution in [0.4, 0.5) is 0 Å². The number of esters is 1. The molecule has 3 rings (SSSR count). The Bertz CT molecular complexity index is 842. The molecule has 3 aromatic rings. The number of hydrogen-bond donors (Lipinski definition) is 0. The van der Waals surface area contributed by atoms with Gasteiger partial charge in [-0.2, -0.15) is 0 Å². The molecule has 0 radical (unpaired) electrons. The third kappa shape index (κ3) is 3.88. The fraction of sp³-hybridized carbons (Fsp3) is 0.0526. The highest BCUT2D eigenvalue weighted by atomic mass is 32.1. The van der Waals surface area contributed by atoms with Crippen LogP contribution in [0.3, 0.4) is 0 Å². The summed E-state index contributed by atoms with van der Waals surface area (Å²) in [5, 5.41) is 1.83. The molecule has 0 saturated heterocycles. The SMILES string of the molecule is COc1cc(/C=C/c2ccccn2)ccc1OC(=O)c1cccs1. The molecule has 0 amide bonds. The van der Waals surface area contributed by atoms with Gasteiger partial charge in [-0.05, 0) is 47.4 Å². The second kappa shape index (κ2) is 7.57. The van der Waals surface area contributed by atoms with Crippen LogP contribution in [0.5, 0.6) is 11.5 Å². The summed E-state index contributed by atoms with van der Waals surface area (Å²) in [6.07, 6.45) is 5.58. The van der Waals surface area contributed by atoms with E-state index < -0.39 is 0 Å². The van der Waals surface area contributed by atoms with E-state index in [2.05, 4.69) is 4.98 Å². The van der Waals surface area contributed by atoms with Gasteiger partial charge >= 0.3 is 5.97 Å². The van der Waals surface area contributed by atoms with Crippen LogP contribution in [0, 0.1) is 0 Å². The molecule has 0 bridgehead atoms. The molecule has 0 spiro atoms. The number of carbonyl (C=O) groups is 1. The molecule has 2 heterocycles. The molecule has 0 N–H and O–H groups in total. The maximum Gasteiger partial charge on any atom is 0.353 e. The van der Waals surface area contributed by atoms with E-state index in [1.807, 2.05) is 53.9 Å². The summed E-state index contributed by atoms with van der Waals surface area (Å²) in [5.41, 5.74) is 1.79. The van der Waals surface area contributed by atoms with Crippen LogP contribution < -0.4 is 9.47 Å². The molecule has 4 nitrogen and oxygen atoms in total. The van der Waals surface area contributed by atoms with Gasteiger partial charge in [-0.3, -0.25) is 4.98 Å². The van der Waals surface area contributed by atoms with E-state index in [9.17, 15) is 4.79 Å². The first-order valence-corrected chi connectivity index (χ1v) is 8.17. The Balaban J connectivity index is 1.78. The minimum absolute atomic E-state index is 0.389. The van der Waals surface area contributed by atoms with Gasteiger partial charge in [0.05, 0.1) is 12.8 Å². The van der Waals surface area contributed by atoms with E-state index in [4.69, 9.17) is 9.47 Å². The topological polar surface area (TPSA) is 48.4 Å². The lowest BCUT2D eigenvalue weighted by atomic mass is 10.1. The first kappa shape index (κ1) is 16.0. The Morgan fingerprint density at radius 1 is 1.08 bits per heavy atom. The van der Waals surface area contributed by atoms with Crippen molar-refractivity contribution in [2.45, 2.75) is 0 Å². The number of benzene rings is 1. The number of ether oxygens (including phenoxy) is 2. The van der Waals surface area contributed by atoms with Crippen molar-refractivity contribution in [2.75, 3.05) is 7.11 Å². The van der Waals surface area contributed by atoms with Gasteiger partial charge in [0.15, 0.2) is 11.5 Å². The van der Waals surface area contributed by atoms with Crippen LogP contribution in [-0.4, -0.2) is 18.1 Å². The minimum Gasteiger partial charge on any atom is -0.493 e. The second-order valence-corrected chi connectivity index (χ2v) is 5.81. The average Bonchev–Trinajstić information content (AvgIpc) is 3.16. The van der Waals surface area contributed by atoms with Crippen LogP contribution in [0.1, 0.15) is 20.9 Å². The number of aromatic nitrogens is 1. The molecule has 0 atom stereocenters. The summed E-state index contributed by atoms with van der Waals surface area (Å²) in [7, 11) is 1.55. The number of carbonyl (C=O) groups excluding carboxylic acids is 1. The van der Waals surface area contributed by atoms with Crippen molar-refractivity contribution in [1.82, 2.24) is 4.98 Å². The fourth-order valence-electron chi connectivity index (χ4n) is 2.07. The summed E-state index contributed by atoms with van der Waals surface area (Å²) >= 11 is 1.34. The van der Waals surface area contributed by atoms with Crippen molar-refractivity contribution < 1.29 is 14.3 Å². The number of hydrogen-bond acceptors (Lipinski definition) is 5. The molecule has 120 valence electrons. The molecular formula is C19H15NO3S. The van der Waals surface area contributed by atoms with Crippen LogP contribution in [0.2, 0.25) is 0 Å². The van der Waals surface area contributed by atoms with Crippen LogP contribution in [0.15, 0.2) is 60.1 Å². The summed E-state index contributed by atoms with van der Waals surface area (Å²) in [6.45, 7) is 0. The van der Waals surface area contributed by atoms with E-state index in [0.29, 0.717) is 16.4 Å². The molecule has 0 aliphatic carbocycles. The van der Waals surface area contributed by atoms with E-state index in [-0.39, 0.29) is 5.97 Å². The zero-order valence-corrected chi connectivity index (χ0v) is 13.8. The van der Waals surface area contributed by atoms with Gasteiger partial charge in [-0.1, -0.05) is 24.3 Å². The third-order valence-electron chi connectivity index (χ3n) is 3.25. The summed E-state index contributed by atoms with van der Waals surface area (Å²) in [4.78, 5) is 16.8. The zero-order valence-electron chi connectivity index (χ0n) is 13.0. The Hall–Kier alpha value is -2.92. The lowest BCUT2D eigenvalue weighted by Gasteiger charge is -2.09. The number of rotatable bonds is 5. The summed E-state index contributed by atoms with van der Waals surface area (Å²) < 4.78 is 10.7. The quantitative estimate of drug-likeness (QED) is 0.506. The van der Waals surface area contributed by atoms with Crippen LogP contribution in [0.25, 0.3) is 12.2 Å². The maximum absolute atomic E-state index is 12.0. The van der Waals surface area contributed by atoms with Gasteiger partial charge in [0, 0.05) is 6.20 Å². The highest BCUT2D eigenvalue weighted by molar-refractivity contribution is 7.12. The van der Waals surface area contributed by atoms with Crippen LogP contribution >= 0.6 is 11.3 Å². The Morgan fingerprint density at radius 3 is 2.71 bits per heavy atom.